The lowest BCUT2D eigenvalue weighted by Crippen LogP contribution is -2.30. The number of nitrogens with zero attached hydrogens (tertiary/aromatic N) is 2. The van der Waals surface area contributed by atoms with Crippen LogP contribution in [0.4, 0.5) is 4.39 Å². The van der Waals surface area contributed by atoms with Gasteiger partial charge in [-0.2, -0.15) is 4.37 Å². The number of rotatable bonds is 4. The van der Waals surface area contributed by atoms with Gasteiger partial charge in [-0.1, -0.05) is 23.9 Å². The molecule has 1 aromatic carbocycles. The molecule has 0 aliphatic heterocycles. The summed E-state index contributed by atoms with van der Waals surface area (Å²) in [5.41, 5.74) is 0.644. The quantitative estimate of drug-likeness (QED) is 0.646. The Balaban J connectivity index is 2.05. The molecule has 0 saturated carbocycles. The van der Waals surface area contributed by atoms with Gasteiger partial charge in [0.05, 0.1) is 0 Å². The summed E-state index contributed by atoms with van der Waals surface area (Å²) in [5.74, 6) is 0.693. The molecule has 1 aromatic heterocycles. The number of halogens is 1. The molecule has 2 N–H and O–H groups in total. The maximum absolute atomic E-state index is 13.7. The van der Waals surface area contributed by atoms with E-state index in [4.69, 9.17) is 10.0 Å². The van der Waals surface area contributed by atoms with Gasteiger partial charge in [0.15, 0.2) is 4.34 Å². The molecule has 0 spiro atoms. The standard InChI is InChI=1S/C10H10BFN2O2S2/c1-6-13-10(18-14-6)17-5-7-2-3-8(11(15)16)4-9(7)12/h2-4,15-16H,5H2,1H3. The lowest BCUT2D eigenvalue weighted by molar-refractivity contribution is 0.425. The highest BCUT2D eigenvalue weighted by molar-refractivity contribution is 8.00. The monoisotopic (exact) mass is 284 g/mol. The van der Waals surface area contributed by atoms with E-state index in [1.165, 1.54) is 29.4 Å². The molecule has 1 heterocycles. The Morgan fingerprint density at radius 1 is 1.44 bits per heavy atom. The number of benzene rings is 1. The molecule has 0 aliphatic carbocycles. The summed E-state index contributed by atoms with van der Waals surface area (Å²) in [6, 6.07) is 4.17. The van der Waals surface area contributed by atoms with E-state index in [0.29, 0.717) is 17.1 Å². The summed E-state index contributed by atoms with van der Waals surface area (Å²) in [7, 11) is -1.65. The SMILES string of the molecule is Cc1nsc(SCc2ccc(B(O)O)cc2F)n1. The van der Waals surface area contributed by atoms with Crippen LogP contribution in [0, 0.1) is 12.7 Å². The van der Waals surface area contributed by atoms with Crippen molar-refractivity contribution in [3.05, 3.63) is 35.4 Å². The highest BCUT2D eigenvalue weighted by Crippen LogP contribution is 2.24. The summed E-state index contributed by atoms with van der Waals surface area (Å²) < 4.78 is 18.5. The van der Waals surface area contributed by atoms with Gasteiger partial charge in [-0.15, -0.1) is 0 Å². The van der Waals surface area contributed by atoms with E-state index in [-0.39, 0.29) is 5.46 Å². The molecular weight excluding hydrogens is 274 g/mol. The number of aromatic nitrogens is 2. The Hall–Kier alpha value is -0.955. The maximum Gasteiger partial charge on any atom is 0.488 e. The van der Waals surface area contributed by atoms with Crippen LogP contribution in [0.1, 0.15) is 11.4 Å². The van der Waals surface area contributed by atoms with Crippen molar-refractivity contribution in [2.24, 2.45) is 0 Å². The van der Waals surface area contributed by atoms with Crippen molar-refractivity contribution < 1.29 is 14.4 Å². The van der Waals surface area contributed by atoms with Crippen LogP contribution in [0.25, 0.3) is 0 Å². The normalized spacial score (nSPS) is 10.7. The van der Waals surface area contributed by atoms with Gasteiger partial charge >= 0.3 is 7.12 Å². The fourth-order valence-corrected chi connectivity index (χ4v) is 2.95. The first kappa shape index (κ1) is 13.5. The van der Waals surface area contributed by atoms with Crippen LogP contribution in [-0.2, 0) is 5.75 Å². The van der Waals surface area contributed by atoms with Gasteiger partial charge in [0.1, 0.15) is 11.6 Å². The molecule has 8 heteroatoms. The molecule has 0 atom stereocenters. The summed E-state index contributed by atoms with van der Waals surface area (Å²) in [6.45, 7) is 1.80. The van der Waals surface area contributed by atoms with Crippen molar-refractivity contribution in [3.8, 4) is 0 Å². The van der Waals surface area contributed by atoms with Crippen molar-refractivity contribution in [3.63, 3.8) is 0 Å². The molecule has 94 valence electrons. The van der Waals surface area contributed by atoms with Gasteiger partial charge in [0.2, 0.25) is 0 Å². The zero-order chi connectivity index (χ0) is 13.1. The van der Waals surface area contributed by atoms with E-state index in [1.807, 2.05) is 0 Å². The van der Waals surface area contributed by atoms with Crippen LogP contribution in [0.2, 0.25) is 0 Å². The van der Waals surface area contributed by atoms with Crippen molar-refractivity contribution in [1.29, 1.82) is 0 Å². The zero-order valence-electron chi connectivity index (χ0n) is 9.50. The van der Waals surface area contributed by atoms with Crippen LogP contribution in [0.15, 0.2) is 22.5 Å². The molecular formula is C10H10BFN2O2S2. The van der Waals surface area contributed by atoms with Gasteiger partial charge in [0, 0.05) is 5.75 Å². The predicted octanol–water partition coefficient (Wildman–Crippen LogP) is 0.958. The smallest absolute Gasteiger partial charge is 0.423 e. The third kappa shape index (κ3) is 3.29. The fourth-order valence-electron chi connectivity index (χ4n) is 1.32. The molecule has 0 aliphatic rings. The van der Waals surface area contributed by atoms with E-state index in [2.05, 4.69) is 9.36 Å². The second-order valence-electron chi connectivity index (χ2n) is 3.62. The van der Waals surface area contributed by atoms with E-state index in [0.717, 1.165) is 10.4 Å². The minimum absolute atomic E-state index is 0.146. The fraction of sp³-hybridized carbons (Fsp3) is 0.200. The van der Waals surface area contributed by atoms with Gasteiger partial charge < -0.3 is 10.0 Å². The first-order valence-corrected chi connectivity index (χ1v) is 6.89. The molecule has 0 fully saturated rings. The third-order valence-corrected chi connectivity index (χ3v) is 4.21. The Morgan fingerprint density at radius 3 is 2.78 bits per heavy atom. The Bertz CT molecular complexity index is 550. The average Bonchev–Trinajstić information content (AvgIpc) is 2.73. The number of thioether (sulfide) groups is 1. The summed E-state index contributed by atoms with van der Waals surface area (Å²) >= 11 is 2.68. The molecule has 2 rings (SSSR count). The van der Waals surface area contributed by atoms with E-state index < -0.39 is 12.9 Å². The number of aryl methyl sites for hydroxylation is 1. The maximum atomic E-state index is 13.7. The van der Waals surface area contributed by atoms with Crippen LogP contribution in [0.5, 0.6) is 0 Å². The van der Waals surface area contributed by atoms with Gasteiger partial charge in [-0.25, -0.2) is 9.37 Å². The number of hydrogen-bond acceptors (Lipinski definition) is 6. The molecule has 18 heavy (non-hydrogen) atoms. The van der Waals surface area contributed by atoms with Gasteiger partial charge in [-0.3, -0.25) is 0 Å². The van der Waals surface area contributed by atoms with E-state index in [1.54, 1.807) is 13.0 Å². The van der Waals surface area contributed by atoms with Crippen molar-refractivity contribution in [2.45, 2.75) is 17.0 Å². The Morgan fingerprint density at radius 2 is 2.22 bits per heavy atom. The topological polar surface area (TPSA) is 66.2 Å². The van der Waals surface area contributed by atoms with Gasteiger partial charge in [0.25, 0.3) is 0 Å². The second-order valence-corrected chi connectivity index (χ2v) is 5.60. The first-order valence-electron chi connectivity index (χ1n) is 5.14. The highest BCUT2D eigenvalue weighted by Gasteiger charge is 2.13. The Kier molecular flexibility index (Phi) is 4.33. The van der Waals surface area contributed by atoms with E-state index in [9.17, 15) is 4.39 Å². The Labute approximate surface area is 112 Å². The molecule has 0 bridgehead atoms. The third-order valence-electron chi connectivity index (χ3n) is 2.24. The second kappa shape index (κ2) is 5.79. The molecule has 4 nitrogen and oxygen atoms in total. The molecule has 0 unspecified atom stereocenters. The lowest BCUT2D eigenvalue weighted by Gasteiger charge is -2.04. The van der Waals surface area contributed by atoms with Crippen LogP contribution < -0.4 is 5.46 Å². The average molecular weight is 284 g/mol. The minimum Gasteiger partial charge on any atom is -0.423 e. The zero-order valence-corrected chi connectivity index (χ0v) is 11.1. The summed E-state index contributed by atoms with van der Waals surface area (Å²) in [4.78, 5) is 4.17. The summed E-state index contributed by atoms with van der Waals surface area (Å²) in [6.07, 6.45) is 0. The van der Waals surface area contributed by atoms with Crippen molar-refractivity contribution in [2.75, 3.05) is 0 Å². The predicted molar refractivity (Wildman–Crippen MR) is 70.4 cm³/mol. The molecule has 0 radical (unpaired) electrons. The first-order chi connectivity index (χ1) is 8.56. The van der Waals surface area contributed by atoms with Gasteiger partial charge in [-0.05, 0) is 35.5 Å². The number of hydrogen-bond donors (Lipinski definition) is 2. The lowest BCUT2D eigenvalue weighted by atomic mass is 9.80. The van der Waals surface area contributed by atoms with Crippen LogP contribution in [-0.4, -0.2) is 26.5 Å². The minimum atomic E-state index is -1.65. The largest absolute Gasteiger partial charge is 0.488 e. The highest BCUT2D eigenvalue weighted by atomic mass is 32.2. The van der Waals surface area contributed by atoms with Crippen LogP contribution in [0.3, 0.4) is 0 Å². The van der Waals surface area contributed by atoms with Crippen LogP contribution >= 0.6 is 23.3 Å². The van der Waals surface area contributed by atoms with Crippen molar-refractivity contribution in [1.82, 2.24) is 9.36 Å². The molecule has 2 aromatic rings. The molecule has 0 saturated heterocycles. The molecule has 0 amide bonds. The van der Waals surface area contributed by atoms with Crippen molar-refractivity contribution >= 4 is 35.9 Å². The summed E-state index contributed by atoms with van der Waals surface area (Å²) in [5, 5.41) is 17.8. The van der Waals surface area contributed by atoms with E-state index >= 15 is 0 Å².